The molecule has 0 aromatic carbocycles. The van der Waals surface area contributed by atoms with E-state index in [1.54, 1.807) is 6.92 Å². The lowest BCUT2D eigenvalue weighted by Gasteiger charge is -2.13. The van der Waals surface area contributed by atoms with Crippen LogP contribution in [0.5, 0.6) is 0 Å². The molecular formula is C5H8Cl2O3. The minimum absolute atomic E-state index is 0.0224. The Hall–Kier alpha value is 0.200. The van der Waals surface area contributed by atoms with Gasteiger partial charge in [0.05, 0.1) is 0 Å². The Morgan fingerprint density at radius 1 is 1.30 bits per heavy atom. The van der Waals surface area contributed by atoms with E-state index in [0.29, 0.717) is 6.42 Å². The first-order valence-corrected chi connectivity index (χ1v) is 3.37. The summed E-state index contributed by atoms with van der Waals surface area (Å²) in [7, 11) is 0. The first-order valence-electron chi connectivity index (χ1n) is 2.61. The number of allylic oxidation sites excluding steroid dienone is 1. The van der Waals surface area contributed by atoms with Crippen molar-refractivity contribution in [3.05, 3.63) is 10.1 Å². The number of hydrogen-bond donors (Lipinski definition) is 3. The molecule has 0 unspecified atom stereocenters. The quantitative estimate of drug-likeness (QED) is 0.558. The summed E-state index contributed by atoms with van der Waals surface area (Å²) in [6, 6.07) is 0. The Kier molecular flexibility index (Phi) is 3.62. The van der Waals surface area contributed by atoms with Crippen LogP contribution in [0.4, 0.5) is 0 Å². The van der Waals surface area contributed by atoms with Gasteiger partial charge in [0, 0.05) is 5.03 Å². The summed E-state index contributed by atoms with van der Waals surface area (Å²) in [6.07, 6.45) is 0.337. The fourth-order valence-electron chi connectivity index (χ4n) is 0.337. The van der Waals surface area contributed by atoms with Gasteiger partial charge in [-0.2, -0.15) is 0 Å². The van der Waals surface area contributed by atoms with E-state index in [0.717, 1.165) is 0 Å². The molecule has 0 rings (SSSR count). The number of aliphatic hydroxyl groups is 3. The van der Waals surface area contributed by atoms with E-state index < -0.39 is 11.0 Å². The Morgan fingerprint density at radius 2 is 1.70 bits per heavy atom. The molecule has 0 aliphatic rings. The van der Waals surface area contributed by atoms with Gasteiger partial charge in [-0.25, -0.2) is 0 Å². The standard InChI is InChI=1S/C5H8Cl2O3/c1-2-3(6)4(7)5(8,9)10/h8-10H,2H2,1H3. The second-order valence-corrected chi connectivity index (χ2v) is 2.54. The van der Waals surface area contributed by atoms with Crippen molar-refractivity contribution in [3.63, 3.8) is 0 Å². The molecule has 3 nitrogen and oxygen atoms in total. The summed E-state index contributed by atoms with van der Waals surface area (Å²) in [5.74, 6) is -3.01. The van der Waals surface area contributed by atoms with E-state index in [1.807, 2.05) is 0 Å². The molecule has 0 spiro atoms. The monoisotopic (exact) mass is 186 g/mol. The normalized spacial score (nSPS) is 15.0. The molecule has 3 N–H and O–H groups in total. The van der Waals surface area contributed by atoms with E-state index in [4.69, 9.17) is 38.5 Å². The Balaban J connectivity index is 4.47. The molecule has 0 aromatic rings. The van der Waals surface area contributed by atoms with Crippen LogP contribution in [0, 0.1) is 0 Å². The first kappa shape index (κ1) is 10.2. The van der Waals surface area contributed by atoms with E-state index in [1.165, 1.54) is 0 Å². The smallest absolute Gasteiger partial charge is 0.316 e. The topological polar surface area (TPSA) is 60.7 Å². The van der Waals surface area contributed by atoms with Crippen molar-refractivity contribution < 1.29 is 15.3 Å². The van der Waals surface area contributed by atoms with Crippen LogP contribution in [0.15, 0.2) is 10.1 Å². The molecule has 60 valence electrons. The molecule has 0 heterocycles. The average molecular weight is 187 g/mol. The third kappa shape index (κ3) is 2.86. The molecule has 0 amide bonds. The van der Waals surface area contributed by atoms with Gasteiger partial charge >= 0.3 is 5.97 Å². The van der Waals surface area contributed by atoms with E-state index in [9.17, 15) is 0 Å². The van der Waals surface area contributed by atoms with Crippen LogP contribution < -0.4 is 0 Å². The zero-order valence-electron chi connectivity index (χ0n) is 5.30. The van der Waals surface area contributed by atoms with Crippen molar-refractivity contribution in [1.82, 2.24) is 0 Å². The van der Waals surface area contributed by atoms with Crippen molar-refractivity contribution in [2.24, 2.45) is 0 Å². The highest BCUT2D eigenvalue weighted by atomic mass is 35.5. The minimum atomic E-state index is -3.01. The summed E-state index contributed by atoms with van der Waals surface area (Å²) in [5, 5.41) is 24.7. The van der Waals surface area contributed by atoms with Crippen LogP contribution in [-0.4, -0.2) is 21.3 Å². The van der Waals surface area contributed by atoms with Gasteiger partial charge in [0.2, 0.25) is 0 Å². The lowest BCUT2D eigenvalue weighted by atomic mass is 10.4. The summed E-state index contributed by atoms with van der Waals surface area (Å²) in [6.45, 7) is 1.66. The molecule has 0 aromatic heterocycles. The fourth-order valence-corrected chi connectivity index (χ4v) is 0.598. The highest BCUT2D eigenvalue weighted by molar-refractivity contribution is 6.39. The van der Waals surface area contributed by atoms with Crippen molar-refractivity contribution >= 4 is 23.2 Å². The summed E-state index contributed by atoms with van der Waals surface area (Å²) < 4.78 is 0. The molecule has 0 saturated heterocycles. The van der Waals surface area contributed by atoms with E-state index in [2.05, 4.69) is 0 Å². The Labute approximate surface area is 68.5 Å². The minimum Gasteiger partial charge on any atom is -0.339 e. The lowest BCUT2D eigenvalue weighted by Crippen LogP contribution is -2.27. The van der Waals surface area contributed by atoms with Crippen LogP contribution in [0.2, 0.25) is 0 Å². The largest absolute Gasteiger partial charge is 0.339 e. The van der Waals surface area contributed by atoms with E-state index >= 15 is 0 Å². The van der Waals surface area contributed by atoms with Gasteiger partial charge < -0.3 is 15.3 Å². The predicted molar refractivity (Wildman–Crippen MR) is 38.4 cm³/mol. The molecule has 0 aliphatic heterocycles. The molecule has 0 saturated carbocycles. The van der Waals surface area contributed by atoms with Gasteiger partial charge in [0.25, 0.3) is 0 Å². The lowest BCUT2D eigenvalue weighted by molar-refractivity contribution is -0.277. The first-order chi connectivity index (χ1) is 4.39. The average Bonchev–Trinajstić information content (AvgIpc) is 1.83. The zero-order valence-corrected chi connectivity index (χ0v) is 6.82. The highest BCUT2D eigenvalue weighted by Crippen LogP contribution is 2.24. The van der Waals surface area contributed by atoms with Crippen molar-refractivity contribution in [3.8, 4) is 0 Å². The Morgan fingerprint density at radius 3 is 1.80 bits per heavy atom. The number of rotatable bonds is 2. The van der Waals surface area contributed by atoms with Crippen LogP contribution in [0.3, 0.4) is 0 Å². The van der Waals surface area contributed by atoms with Crippen LogP contribution >= 0.6 is 23.2 Å². The zero-order chi connectivity index (χ0) is 8.36. The SMILES string of the molecule is CCC(Cl)=C(Cl)C(O)(O)O. The van der Waals surface area contributed by atoms with Crippen LogP contribution in [-0.2, 0) is 0 Å². The van der Waals surface area contributed by atoms with Crippen LogP contribution in [0.25, 0.3) is 0 Å². The number of hydrogen-bond acceptors (Lipinski definition) is 3. The second-order valence-electron chi connectivity index (χ2n) is 1.71. The van der Waals surface area contributed by atoms with Gasteiger partial charge in [-0.05, 0) is 6.42 Å². The van der Waals surface area contributed by atoms with Crippen molar-refractivity contribution in [1.29, 1.82) is 0 Å². The Bertz CT molecular complexity index is 147. The van der Waals surface area contributed by atoms with Gasteiger partial charge in [-0.15, -0.1) is 0 Å². The highest BCUT2D eigenvalue weighted by Gasteiger charge is 2.25. The molecule has 0 aliphatic carbocycles. The molecule has 0 bridgehead atoms. The van der Waals surface area contributed by atoms with Crippen molar-refractivity contribution in [2.45, 2.75) is 19.3 Å². The molecular weight excluding hydrogens is 179 g/mol. The summed E-state index contributed by atoms with van der Waals surface area (Å²) >= 11 is 10.6. The molecule has 5 heteroatoms. The summed E-state index contributed by atoms with van der Waals surface area (Å²) in [5.41, 5.74) is 0. The predicted octanol–water partition coefficient (Wildman–Crippen LogP) is 0.716. The van der Waals surface area contributed by atoms with E-state index in [-0.39, 0.29) is 5.03 Å². The van der Waals surface area contributed by atoms with Gasteiger partial charge in [-0.3, -0.25) is 0 Å². The summed E-state index contributed by atoms with van der Waals surface area (Å²) in [4.78, 5) is 0. The maximum Gasteiger partial charge on any atom is 0.316 e. The maximum atomic E-state index is 8.42. The molecule has 0 atom stereocenters. The van der Waals surface area contributed by atoms with Gasteiger partial charge in [0.15, 0.2) is 0 Å². The third-order valence-electron chi connectivity index (χ3n) is 0.843. The van der Waals surface area contributed by atoms with Gasteiger partial charge in [-0.1, -0.05) is 30.1 Å². The fraction of sp³-hybridized carbons (Fsp3) is 0.600. The van der Waals surface area contributed by atoms with Gasteiger partial charge in [0.1, 0.15) is 5.03 Å². The molecule has 0 radical (unpaired) electrons. The third-order valence-corrected chi connectivity index (χ3v) is 1.88. The second kappa shape index (κ2) is 3.55. The molecule has 10 heavy (non-hydrogen) atoms. The maximum absolute atomic E-state index is 8.42. The molecule has 0 fully saturated rings. The number of halogens is 2. The van der Waals surface area contributed by atoms with Crippen LogP contribution in [0.1, 0.15) is 13.3 Å². The van der Waals surface area contributed by atoms with Crippen molar-refractivity contribution in [2.75, 3.05) is 0 Å².